The van der Waals surface area contributed by atoms with E-state index in [0.717, 1.165) is 38.6 Å². The van der Waals surface area contributed by atoms with Crippen LogP contribution in [0.25, 0.3) is 0 Å². The number of piperazine rings is 1. The lowest BCUT2D eigenvalue weighted by molar-refractivity contribution is 0.370. The van der Waals surface area contributed by atoms with Crippen molar-refractivity contribution in [2.45, 2.75) is 27.2 Å². The molecular formula is C20H35N5O2S. The van der Waals surface area contributed by atoms with Crippen molar-refractivity contribution in [2.75, 3.05) is 64.0 Å². The molecule has 0 spiro atoms. The molecule has 0 saturated carbocycles. The van der Waals surface area contributed by atoms with Crippen molar-refractivity contribution in [1.29, 1.82) is 0 Å². The number of guanidine groups is 1. The number of rotatable bonds is 7. The molecule has 1 fully saturated rings. The molecule has 1 aromatic carbocycles. The molecule has 0 atom stereocenters. The molecule has 0 bridgehead atoms. The van der Waals surface area contributed by atoms with Crippen molar-refractivity contribution >= 4 is 21.7 Å². The molecule has 0 radical (unpaired) electrons. The summed E-state index contributed by atoms with van der Waals surface area (Å²) in [5, 5.41) is 3.38. The third-order valence-corrected chi connectivity index (χ3v) is 6.78. The quantitative estimate of drug-likeness (QED) is 0.422. The van der Waals surface area contributed by atoms with E-state index in [1.165, 1.54) is 27.4 Å². The van der Waals surface area contributed by atoms with E-state index in [0.29, 0.717) is 19.6 Å². The molecule has 1 saturated heterocycles. The van der Waals surface area contributed by atoms with Gasteiger partial charge in [0.2, 0.25) is 10.0 Å². The highest BCUT2D eigenvalue weighted by Gasteiger charge is 2.21. The third kappa shape index (κ3) is 5.85. The molecule has 0 aliphatic carbocycles. The summed E-state index contributed by atoms with van der Waals surface area (Å²) in [5.74, 6) is 0.892. The van der Waals surface area contributed by atoms with Crippen LogP contribution in [0.4, 0.5) is 5.69 Å². The molecule has 0 amide bonds. The maximum absolute atomic E-state index is 11.7. The van der Waals surface area contributed by atoms with Gasteiger partial charge in [-0.05, 0) is 37.5 Å². The van der Waals surface area contributed by atoms with Gasteiger partial charge in [0.15, 0.2) is 5.96 Å². The minimum atomic E-state index is -3.12. The van der Waals surface area contributed by atoms with Crippen molar-refractivity contribution in [3.05, 3.63) is 29.3 Å². The van der Waals surface area contributed by atoms with E-state index >= 15 is 0 Å². The molecule has 158 valence electrons. The lowest BCUT2D eigenvalue weighted by Crippen LogP contribution is -2.53. The van der Waals surface area contributed by atoms with E-state index in [-0.39, 0.29) is 0 Å². The summed E-state index contributed by atoms with van der Waals surface area (Å²) in [4.78, 5) is 9.12. The van der Waals surface area contributed by atoms with Gasteiger partial charge in [0.05, 0.1) is 6.26 Å². The molecule has 8 heteroatoms. The van der Waals surface area contributed by atoms with Crippen LogP contribution in [0, 0.1) is 13.8 Å². The van der Waals surface area contributed by atoms with E-state index < -0.39 is 10.0 Å². The van der Waals surface area contributed by atoms with E-state index in [4.69, 9.17) is 0 Å². The van der Waals surface area contributed by atoms with E-state index in [9.17, 15) is 8.42 Å². The fourth-order valence-electron chi connectivity index (χ4n) is 3.58. The number of benzene rings is 1. The number of aryl methyl sites for hydroxylation is 1. The molecule has 1 heterocycles. The van der Waals surface area contributed by atoms with Crippen LogP contribution >= 0.6 is 0 Å². The Labute approximate surface area is 170 Å². The van der Waals surface area contributed by atoms with E-state index in [1.54, 1.807) is 7.05 Å². The number of anilines is 1. The number of sulfonamides is 1. The number of nitrogens with one attached hydrogen (secondary N) is 1. The second-order valence-corrected chi connectivity index (χ2v) is 9.26. The smallest absolute Gasteiger partial charge is 0.211 e. The van der Waals surface area contributed by atoms with Crippen LogP contribution in [0.1, 0.15) is 24.5 Å². The number of hydrogen-bond donors (Lipinski definition) is 1. The zero-order chi connectivity index (χ0) is 20.7. The average Bonchev–Trinajstić information content (AvgIpc) is 2.66. The molecule has 2 rings (SSSR count). The van der Waals surface area contributed by atoms with Crippen molar-refractivity contribution in [2.24, 2.45) is 4.99 Å². The van der Waals surface area contributed by atoms with Crippen LogP contribution in [0.2, 0.25) is 0 Å². The largest absolute Gasteiger partial charge is 0.368 e. The Morgan fingerprint density at radius 2 is 1.89 bits per heavy atom. The van der Waals surface area contributed by atoms with Gasteiger partial charge in [0.1, 0.15) is 0 Å². The molecule has 0 aromatic heterocycles. The molecule has 0 unspecified atom stereocenters. The number of nitrogens with zero attached hydrogens (tertiary/aromatic N) is 4. The van der Waals surface area contributed by atoms with Crippen molar-refractivity contribution in [1.82, 2.24) is 14.5 Å². The molecule has 1 aliphatic rings. The summed E-state index contributed by atoms with van der Waals surface area (Å²) < 4.78 is 24.8. The Morgan fingerprint density at radius 1 is 1.21 bits per heavy atom. The Bertz CT molecular complexity index is 771. The Morgan fingerprint density at radius 3 is 2.46 bits per heavy atom. The minimum Gasteiger partial charge on any atom is -0.368 e. The van der Waals surface area contributed by atoms with Gasteiger partial charge in [-0.15, -0.1) is 0 Å². The summed E-state index contributed by atoms with van der Waals surface area (Å²) in [6.45, 7) is 11.7. The summed E-state index contributed by atoms with van der Waals surface area (Å²) >= 11 is 0. The number of hydrogen-bond acceptors (Lipinski definition) is 4. The van der Waals surface area contributed by atoms with Gasteiger partial charge >= 0.3 is 0 Å². The first-order valence-electron chi connectivity index (χ1n) is 9.99. The van der Waals surface area contributed by atoms with Crippen LogP contribution in [0.5, 0.6) is 0 Å². The predicted octanol–water partition coefficient (Wildman–Crippen LogP) is 1.67. The molecule has 28 heavy (non-hydrogen) atoms. The lowest BCUT2D eigenvalue weighted by atomic mass is 10.1. The predicted molar refractivity (Wildman–Crippen MR) is 118 cm³/mol. The van der Waals surface area contributed by atoms with Gasteiger partial charge in [-0.3, -0.25) is 4.99 Å². The van der Waals surface area contributed by atoms with E-state index in [2.05, 4.69) is 52.2 Å². The highest BCUT2D eigenvalue weighted by Crippen LogP contribution is 2.23. The lowest BCUT2D eigenvalue weighted by Gasteiger charge is -2.38. The summed E-state index contributed by atoms with van der Waals surface area (Å²) in [7, 11) is -1.32. The van der Waals surface area contributed by atoms with Gasteiger partial charge in [-0.1, -0.05) is 19.1 Å². The first kappa shape index (κ1) is 22.5. The molecule has 1 N–H and O–H groups in total. The fourth-order valence-corrected chi connectivity index (χ4v) is 4.51. The van der Waals surface area contributed by atoms with Gasteiger partial charge in [-0.2, -0.15) is 0 Å². The minimum absolute atomic E-state index is 0.508. The van der Waals surface area contributed by atoms with Crippen LogP contribution in [0.3, 0.4) is 0 Å². The zero-order valence-electron chi connectivity index (χ0n) is 17.9. The first-order valence-corrected chi connectivity index (χ1v) is 11.8. The Hall–Kier alpha value is -1.80. The van der Waals surface area contributed by atoms with Crippen molar-refractivity contribution < 1.29 is 8.42 Å². The fraction of sp³-hybridized carbons (Fsp3) is 0.650. The normalized spacial score (nSPS) is 16.0. The highest BCUT2D eigenvalue weighted by atomic mass is 32.2. The second-order valence-electron chi connectivity index (χ2n) is 7.28. The van der Waals surface area contributed by atoms with Crippen molar-refractivity contribution in [3.63, 3.8) is 0 Å². The molecule has 7 nitrogen and oxygen atoms in total. The summed E-state index contributed by atoms with van der Waals surface area (Å²) in [6.07, 6.45) is 2.01. The van der Waals surface area contributed by atoms with Gasteiger partial charge < -0.3 is 15.1 Å². The standard InChI is InChI=1S/C20H35N5O2S/c1-6-25(28(5,26)27)12-8-11-22-20(21-4)24-15-13-23(14-16-24)19-10-7-9-17(2)18(19)3/h7,9-10H,6,8,11-16H2,1-5H3,(H,21,22). The monoisotopic (exact) mass is 409 g/mol. The van der Waals surface area contributed by atoms with Crippen LogP contribution in [0.15, 0.2) is 23.2 Å². The van der Waals surface area contributed by atoms with E-state index in [1.807, 2.05) is 6.92 Å². The molecule has 1 aliphatic heterocycles. The maximum atomic E-state index is 11.7. The van der Waals surface area contributed by atoms with Gasteiger partial charge in [0, 0.05) is 58.5 Å². The highest BCUT2D eigenvalue weighted by molar-refractivity contribution is 7.88. The molecule has 1 aromatic rings. The van der Waals surface area contributed by atoms with Crippen LogP contribution in [-0.2, 0) is 10.0 Å². The topological polar surface area (TPSA) is 68.2 Å². The first-order chi connectivity index (χ1) is 13.3. The van der Waals surface area contributed by atoms with Crippen LogP contribution in [-0.4, -0.2) is 82.7 Å². The Balaban J connectivity index is 1.83. The van der Waals surface area contributed by atoms with Crippen molar-refractivity contribution in [3.8, 4) is 0 Å². The zero-order valence-corrected chi connectivity index (χ0v) is 18.7. The summed E-state index contributed by atoms with van der Waals surface area (Å²) in [5.41, 5.74) is 4.00. The SMILES string of the molecule is CCN(CCCNC(=NC)N1CCN(c2cccc(C)c2C)CC1)S(C)(=O)=O. The average molecular weight is 410 g/mol. The Kier molecular flexibility index (Phi) is 8.12. The molecular weight excluding hydrogens is 374 g/mol. The third-order valence-electron chi connectivity index (χ3n) is 5.40. The number of aliphatic imine (C=N–C) groups is 1. The summed E-state index contributed by atoms with van der Waals surface area (Å²) in [6, 6.07) is 6.48. The maximum Gasteiger partial charge on any atom is 0.211 e. The van der Waals surface area contributed by atoms with Gasteiger partial charge in [0.25, 0.3) is 0 Å². The van der Waals surface area contributed by atoms with Crippen LogP contribution < -0.4 is 10.2 Å². The second kappa shape index (κ2) is 10.1. The van der Waals surface area contributed by atoms with Gasteiger partial charge in [-0.25, -0.2) is 12.7 Å².